The van der Waals surface area contributed by atoms with Gasteiger partial charge in [-0.2, -0.15) is 0 Å². The lowest BCUT2D eigenvalue weighted by molar-refractivity contribution is 0.537. The van der Waals surface area contributed by atoms with Gasteiger partial charge in [-0.1, -0.05) is 0 Å². The third-order valence-electron chi connectivity index (χ3n) is 2.11. The molecule has 0 amide bonds. The van der Waals surface area contributed by atoms with Gasteiger partial charge < -0.3 is 9.73 Å². The molecule has 1 fully saturated rings. The number of hydrogen-bond donors (Lipinski definition) is 1. The van der Waals surface area contributed by atoms with E-state index in [9.17, 15) is 0 Å². The molecule has 2 nitrogen and oxygen atoms in total. The van der Waals surface area contributed by atoms with E-state index in [0.717, 1.165) is 6.04 Å². The minimum atomic E-state index is 0.446. The summed E-state index contributed by atoms with van der Waals surface area (Å²) in [6.45, 7) is 2.17. The number of rotatable bonds is 3. The van der Waals surface area contributed by atoms with Crippen molar-refractivity contribution in [2.45, 2.75) is 31.8 Å². The Bertz CT molecular complexity index is 213. The molecule has 0 aromatic carbocycles. The molecule has 1 aliphatic carbocycles. The van der Waals surface area contributed by atoms with Gasteiger partial charge in [0.1, 0.15) is 0 Å². The smallest absolute Gasteiger partial charge is 0.0950 e. The van der Waals surface area contributed by atoms with Gasteiger partial charge in [0.2, 0.25) is 0 Å². The molecule has 1 aromatic heterocycles. The monoisotopic (exact) mass is 151 g/mol. The van der Waals surface area contributed by atoms with E-state index in [1.54, 1.807) is 12.5 Å². The molecule has 11 heavy (non-hydrogen) atoms. The van der Waals surface area contributed by atoms with Crippen LogP contribution in [0.2, 0.25) is 0 Å². The highest BCUT2D eigenvalue weighted by Gasteiger charge is 2.23. The van der Waals surface area contributed by atoms with Crippen LogP contribution in [0.5, 0.6) is 0 Å². The van der Waals surface area contributed by atoms with Gasteiger partial charge in [0.05, 0.1) is 12.5 Å². The molecule has 0 saturated heterocycles. The predicted octanol–water partition coefficient (Wildman–Crippen LogP) is 2.09. The molecular weight excluding hydrogens is 138 g/mol. The van der Waals surface area contributed by atoms with Crippen LogP contribution in [-0.4, -0.2) is 6.04 Å². The summed E-state index contributed by atoms with van der Waals surface area (Å²) >= 11 is 0. The van der Waals surface area contributed by atoms with Crippen LogP contribution >= 0.6 is 0 Å². The molecular formula is C9H13NO. The van der Waals surface area contributed by atoms with Gasteiger partial charge >= 0.3 is 0 Å². The van der Waals surface area contributed by atoms with Crippen LogP contribution in [0.3, 0.4) is 0 Å². The topological polar surface area (TPSA) is 25.2 Å². The van der Waals surface area contributed by atoms with E-state index in [-0.39, 0.29) is 0 Å². The first-order chi connectivity index (χ1) is 5.36. The average Bonchev–Trinajstić information content (AvgIpc) is 2.67. The van der Waals surface area contributed by atoms with Crippen LogP contribution in [0.25, 0.3) is 0 Å². The summed E-state index contributed by atoms with van der Waals surface area (Å²) in [5.41, 5.74) is 1.25. The zero-order chi connectivity index (χ0) is 7.68. The molecule has 1 unspecified atom stereocenters. The van der Waals surface area contributed by atoms with Crippen LogP contribution in [0.15, 0.2) is 23.0 Å². The average molecular weight is 151 g/mol. The van der Waals surface area contributed by atoms with Gasteiger partial charge in [-0.15, -0.1) is 0 Å². The fourth-order valence-electron chi connectivity index (χ4n) is 1.22. The number of furan rings is 1. The summed E-state index contributed by atoms with van der Waals surface area (Å²) in [6.07, 6.45) is 6.20. The first-order valence-electron chi connectivity index (χ1n) is 4.14. The first kappa shape index (κ1) is 6.92. The third-order valence-corrected chi connectivity index (χ3v) is 2.11. The predicted molar refractivity (Wildman–Crippen MR) is 43.3 cm³/mol. The van der Waals surface area contributed by atoms with Crippen molar-refractivity contribution in [1.82, 2.24) is 5.32 Å². The Labute approximate surface area is 66.6 Å². The van der Waals surface area contributed by atoms with Crippen molar-refractivity contribution in [3.63, 3.8) is 0 Å². The lowest BCUT2D eigenvalue weighted by Crippen LogP contribution is -2.19. The largest absolute Gasteiger partial charge is 0.472 e. The normalized spacial score (nSPS) is 20.1. The van der Waals surface area contributed by atoms with E-state index in [0.29, 0.717) is 6.04 Å². The van der Waals surface area contributed by atoms with Crippen molar-refractivity contribution in [3.05, 3.63) is 24.2 Å². The van der Waals surface area contributed by atoms with E-state index in [2.05, 4.69) is 12.2 Å². The van der Waals surface area contributed by atoms with E-state index in [4.69, 9.17) is 4.42 Å². The molecule has 2 rings (SSSR count). The summed E-state index contributed by atoms with van der Waals surface area (Å²) < 4.78 is 5.00. The van der Waals surface area contributed by atoms with Crippen molar-refractivity contribution in [3.8, 4) is 0 Å². The summed E-state index contributed by atoms with van der Waals surface area (Å²) in [5, 5.41) is 3.50. The Morgan fingerprint density at radius 3 is 3.00 bits per heavy atom. The summed E-state index contributed by atoms with van der Waals surface area (Å²) in [7, 11) is 0. The Morgan fingerprint density at radius 2 is 2.45 bits per heavy atom. The minimum absolute atomic E-state index is 0.446. The zero-order valence-electron chi connectivity index (χ0n) is 6.71. The lowest BCUT2D eigenvalue weighted by Gasteiger charge is -2.09. The zero-order valence-corrected chi connectivity index (χ0v) is 6.71. The van der Waals surface area contributed by atoms with E-state index >= 15 is 0 Å². The van der Waals surface area contributed by atoms with Crippen molar-refractivity contribution in [2.75, 3.05) is 0 Å². The molecule has 1 aliphatic rings. The maximum absolute atomic E-state index is 5.00. The van der Waals surface area contributed by atoms with Crippen LogP contribution in [0.1, 0.15) is 31.4 Å². The van der Waals surface area contributed by atoms with Crippen LogP contribution in [0.4, 0.5) is 0 Å². The lowest BCUT2D eigenvalue weighted by atomic mass is 10.2. The number of hydrogen-bond acceptors (Lipinski definition) is 2. The second kappa shape index (κ2) is 2.70. The van der Waals surface area contributed by atoms with Crippen molar-refractivity contribution < 1.29 is 4.42 Å². The van der Waals surface area contributed by atoms with Gasteiger partial charge in [0.15, 0.2) is 0 Å². The third kappa shape index (κ3) is 1.63. The summed E-state index contributed by atoms with van der Waals surface area (Å²) in [4.78, 5) is 0. The van der Waals surface area contributed by atoms with Gasteiger partial charge in [-0.3, -0.25) is 0 Å². The molecule has 1 aromatic rings. The van der Waals surface area contributed by atoms with Gasteiger partial charge in [0, 0.05) is 17.6 Å². The highest BCUT2D eigenvalue weighted by molar-refractivity contribution is 5.11. The fraction of sp³-hybridized carbons (Fsp3) is 0.556. The van der Waals surface area contributed by atoms with Gasteiger partial charge in [-0.25, -0.2) is 0 Å². The van der Waals surface area contributed by atoms with Crippen molar-refractivity contribution in [2.24, 2.45) is 0 Å². The molecule has 1 atom stereocenters. The molecule has 1 saturated carbocycles. The molecule has 1 heterocycles. The Kier molecular flexibility index (Phi) is 1.70. The van der Waals surface area contributed by atoms with Gasteiger partial charge in [0.25, 0.3) is 0 Å². The molecule has 0 spiro atoms. The SMILES string of the molecule is CC(NC1CC1)c1ccoc1. The molecule has 0 bridgehead atoms. The molecule has 0 radical (unpaired) electrons. The Hall–Kier alpha value is -0.760. The van der Waals surface area contributed by atoms with E-state index in [1.807, 2.05) is 6.07 Å². The van der Waals surface area contributed by atoms with Crippen molar-refractivity contribution in [1.29, 1.82) is 0 Å². The second-order valence-electron chi connectivity index (χ2n) is 3.22. The van der Waals surface area contributed by atoms with Crippen LogP contribution in [-0.2, 0) is 0 Å². The standard InChI is InChI=1S/C9H13NO/c1-7(10-9-2-3-9)8-4-5-11-6-8/h4-7,9-10H,2-3H2,1H3. The molecule has 2 heteroatoms. The maximum Gasteiger partial charge on any atom is 0.0950 e. The van der Waals surface area contributed by atoms with Crippen molar-refractivity contribution >= 4 is 0 Å². The Balaban J connectivity index is 1.93. The minimum Gasteiger partial charge on any atom is -0.472 e. The highest BCUT2D eigenvalue weighted by atomic mass is 16.3. The Morgan fingerprint density at radius 1 is 1.64 bits per heavy atom. The first-order valence-corrected chi connectivity index (χ1v) is 4.14. The summed E-state index contributed by atoms with van der Waals surface area (Å²) in [5.74, 6) is 0. The fourth-order valence-corrected chi connectivity index (χ4v) is 1.22. The maximum atomic E-state index is 5.00. The van der Waals surface area contributed by atoms with E-state index < -0.39 is 0 Å². The number of nitrogens with one attached hydrogen (secondary N) is 1. The second-order valence-corrected chi connectivity index (χ2v) is 3.22. The van der Waals surface area contributed by atoms with Gasteiger partial charge in [-0.05, 0) is 25.8 Å². The van der Waals surface area contributed by atoms with Crippen LogP contribution in [0, 0.1) is 0 Å². The molecule has 60 valence electrons. The van der Waals surface area contributed by atoms with Crippen LogP contribution < -0.4 is 5.32 Å². The molecule has 0 aliphatic heterocycles. The molecule has 1 N–H and O–H groups in total. The van der Waals surface area contributed by atoms with E-state index in [1.165, 1.54) is 18.4 Å². The quantitative estimate of drug-likeness (QED) is 0.715. The highest BCUT2D eigenvalue weighted by Crippen LogP contribution is 2.23. The summed E-state index contributed by atoms with van der Waals surface area (Å²) in [6, 6.07) is 3.22.